The van der Waals surface area contributed by atoms with Gasteiger partial charge in [-0.05, 0) is 30.9 Å². The monoisotopic (exact) mass is 291 g/mol. The highest BCUT2D eigenvalue weighted by Crippen LogP contribution is 2.27. The zero-order valence-corrected chi connectivity index (χ0v) is 12.5. The molecule has 114 valence electrons. The van der Waals surface area contributed by atoms with Gasteiger partial charge in [-0.3, -0.25) is 14.9 Å². The van der Waals surface area contributed by atoms with Crippen LogP contribution in [0.4, 0.5) is 11.4 Å². The first kappa shape index (κ1) is 15.3. The molecule has 6 heteroatoms. The molecule has 1 heterocycles. The second-order valence-electron chi connectivity index (χ2n) is 5.56. The highest BCUT2D eigenvalue weighted by Gasteiger charge is 2.25. The second-order valence-corrected chi connectivity index (χ2v) is 5.56. The second kappa shape index (κ2) is 6.56. The summed E-state index contributed by atoms with van der Waals surface area (Å²) in [7, 11) is 0. The van der Waals surface area contributed by atoms with E-state index in [1.165, 1.54) is 6.07 Å². The van der Waals surface area contributed by atoms with Crippen LogP contribution < -0.4 is 5.32 Å². The molecule has 1 amide bonds. The van der Waals surface area contributed by atoms with Crippen molar-refractivity contribution in [2.75, 3.05) is 25.0 Å². The van der Waals surface area contributed by atoms with Crippen LogP contribution in [0.15, 0.2) is 18.2 Å². The van der Waals surface area contributed by atoms with Gasteiger partial charge in [0.05, 0.1) is 4.92 Å². The van der Waals surface area contributed by atoms with Gasteiger partial charge in [-0.2, -0.15) is 0 Å². The number of nitrogens with one attached hydrogen (secondary N) is 1. The molecule has 2 rings (SSSR count). The lowest BCUT2D eigenvalue weighted by atomic mass is 10.1. The van der Waals surface area contributed by atoms with Gasteiger partial charge in [0.2, 0.25) is 0 Å². The largest absolute Gasteiger partial charge is 0.379 e. The fourth-order valence-corrected chi connectivity index (χ4v) is 2.53. The Hall–Kier alpha value is -2.11. The molecule has 0 bridgehead atoms. The lowest BCUT2D eigenvalue weighted by Crippen LogP contribution is -2.28. The van der Waals surface area contributed by atoms with Crippen LogP contribution >= 0.6 is 0 Å². The summed E-state index contributed by atoms with van der Waals surface area (Å²) < 4.78 is 0. The number of nitro groups is 1. The molecule has 1 unspecified atom stereocenters. The number of hydrogen-bond acceptors (Lipinski definition) is 4. The van der Waals surface area contributed by atoms with Gasteiger partial charge in [0.15, 0.2) is 0 Å². The Balaban J connectivity index is 2.24. The van der Waals surface area contributed by atoms with Gasteiger partial charge < -0.3 is 10.2 Å². The summed E-state index contributed by atoms with van der Waals surface area (Å²) in [6, 6.07) is 4.55. The average molecular weight is 291 g/mol. The summed E-state index contributed by atoms with van der Waals surface area (Å²) >= 11 is 0. The maximum absolute atomic E-state index is 12.4. The Bertz CT molecular complexity index is 545. The van der Waals surface area contributed by atoms with E-state index in [-0.39, 0.29) is 11.6 Å². The maximum atomic E-state index is 12.4. The summed E-state index contributed by atoms with van der Waals surface area (Å²) in [4.78, 5) is 24.9. The van der Waals surface area contributed by atoms with Crippen LogP contribution in [0.2, 0.25) is 0 Å². The zero-order valence-electron chi connectivity index (χ0n) is 12.5. The molecule has 1 aromatic carbocycles. The third-order valence-corrected chi connectivity index (χ3v) is 3.72. The summed E-state index contributed by atoms with van der Waals surface area (Å²) in [5.41, 5.74) is 0.933. The van der Waals surface area contributed by atoms with Gasteiger partial charge in [-0.1, -0.05) is 13.8 Å². The van der Waals surface area contributed by atoms with Crippen molar-refractivity contribution in [1.29, 1.82) is 0 Å². The first-order valence-corrected chi connectivity index (χ1v) is 7.34. The van der Waals surface area contributed by atoms with E-state index in [0.717, 1.165) is 25.9 Å². The SMILES string of the molecule is CCCNc1cc(C(=O)N2CCC(C)C2)ccc1[N+](=O)[O-]. The van der Waals surface area contributed by atoms with Gasteiger partial charge >= 0.3 is 0 Å². The van der Waals surface area contributed by atoms with Gasteiger partial charge in [-0.15, -0.1) is 0 Å². The van der Waals surface area contributed by atoms with Crippen LogP contribution in [0.25, 0.3) is 0 Å². The normalized spacial score (nSPS) is 17.8. The van der Waals surface area contributed by atoms with Crippen molar-refractivity contribution in [2.24, 2.45) is 5.92 Å². The van der Waals surface area contributed by atoms with Crippen molar-refractivity contribution in [3.05, 3.63) is 33.9 Å². The molecule has 1 N–H and O–H groups in total. The Morgan fingerprint density at radius 2 is 2.29 bits per heavy atom. The van der Waals surface area contributed by atoms with E-state index < -0.39 is 4.92 Å². The van der Waals surface area contributed by atoms with E-state index in [4.69, 9.17) is 0 Å². The molecule has 1 atom stereocenters. The molecule has 1 saturated heterocycles. The number of nitrogens with zero attached hydrogens (tertiary/aromatic N) is 2. The fourth-order valence-electron chi connectivity index (χ4n) is 2.53. The first-order valence-electron chi connectivity index (χ1n) is 7.34. The third kappa shape index (κ3) is 3.51. The summed E-state index contributed by atoms with van der Waals surface area (Å²) in [6.45, 7) is 6.26. The molecule has 1 aromatic rings. The topological polar surface area (TPSA) is 75.5 Å². The number of rotatable bonds is 5. The highest BCUT2D eigenvalue weighted by molar-refractivity contribution is 5.96. The van der Waals surface area contributed by atoms with Gasteiger partial charge in [0.1, 0.15) is 5.69 Å². The number of carbonyl (C=O) groups is 1. The van der Waals surface area contributed by atoms with Crippen LogP contribution in [0.5, 0.6) is 0 Å². The molecule has 0 saturated carbocycles. The number of carbonyl (C=O) groups excluding carboxylic acids is 1. The van der Waals surface area contributed by atoms with Gasteiger partial charge in [0, 0.05) is 31.3 Å². The van der Waals surface area contributed by atoms with Crippen LogP contribution in [-0.4, -0.2) is 35.4 Å². The molecule has 1 fully saturated rings. The number of benzene rings is 1. The predicted octanol–water partition coefficient (Wildman–Crippen LogP) is 2.90. The summed E-state index contributed by atoms with van der Waals surface area (Å²) in [6.07, 6.45) is 1.87. The smallest absolute Gasteiger partial charge is 0.292 e. The van der Waals surface area contributed by atoms with E-state index in [1.807, 2.05) is 11.8 Å². The zero-order chi connectivity index (χ0) is 15.4. The quantitative estimate of drug-likeness (QED) is 0.668. The van der Waals surface area contributed by atoms with Gasteiger partial charge in [-0.25, -0.2) is 0 Å². The lowest BCUT2D eigenvalue weighted by Gasteiger charge is -2.16. The number of nitro benzene ring substituents is 1. The fraction of sp³-hybridized carbons (Fsp3) is 0.533. The highest BCUT2D eigenvalue weighted by atomic mass is 16.6. The molecular formula is C15H21N3O3. The van der Waals surface area contributed by atoms with E-state index in [0.29, 0.717) is 23.7 Å². The average Bonchev–Trinajstić information content (AvgIpc) is 2.90. The van der Waals surface area contributed by atoms with Crippen LogP contribution in [-0.2, 0) is 0 Å². The minimum absolute atomic E-state index is 0.00906. The van der Waals surface area contributed by atoms with Crippen LogP contribution in [0.3, 0.4) is 0 Å². The van der Waals surface area contributed by atoms with Crippen LogP contribution in [0, 0.1) is 16.0 Å². The number of likely N-dealkylation sites (tertiary alicyclic amines) is 1. The molecule has 0 aliphatic carbocycles. The third-order valence-electron chi connectivity index (χ3n) is 3.72. The van der Waals surface area contributed by atoms with Crippen molar-refractivity contribution >= 4 is 17.3 Å². The van der Waals surface area contributed by atoms with Crippen molar-refractivity contribution < 1.29 is 9.72 Å². The minimum atomic E-state index is -0.426. The Kier molecular flexibility index (Phi) is 4.77. The van der Waals surface area contributed by atoms with E-state index >= 15 is 0 Å². The molecule has 21 heavy (non-hydrogen) atoms. The Morgan fingerprint density at radius 3 is 2.86 bits per heavy atom. The minimum Gasteiger partial charge on any atom is -0.379 e. The number of amides is 1. The molecule has 0 aromatic heterocycles. The Labute approximate surface area is 124 Å². The van der Waals surface area contributed by atoms with Crippen LogP contribution in [0.1, 0.15) is 37.0 Å². The number of hydrogen-bond donors (Lipinski definition) is 1. The molecular weight excluding hydrogens is 270 g/mol. The van der Waals surface area contributed by atoms with E-state index in [9.17, 15) is 14.9 Å². The molecule has 6 nitrogen and oxygen atoms in total. The predicted molar refractivity (Wildman–Crippen MR) is 81.6 cm³/mol. The standard InChI is InChI=1S/C15H21N3O3/c1-3-7-16-13-9-12(4-5-14(13)18(20)21)15(19)17-8-6-11(2)10-17/h4-5,9,11,16H,3,6-8,10H2,1-2H3. The number of anilines is 1. The Morgan fingerprint density at radius 1 is 1.52 bits per heavy atom. The lowest BCUT2D eigenvalue weighted by molar-refractivity contribution is -0.384. The summed E-state index contributed by atoms with van der Waals surface area (Å²) in [5, 5.41) is 14.1. The van der Waals surface area contributed by atoms with Crippen molar-refractivity contribution in [1.82, 2.24) is 4.90 Å². The molecule has 0 spiro atoms. The molecule has 1 aliphatic rings. The van der Waals surface area contributed by atoms with Crippen molar-refractivity contribution in [2.45, 2.75) is 26.7 Å². The molecule has 1 aliphatic heterocycles. The summed E-state index contributed by atoms with van der Waals surface area (Å²) in [5.74, 6) is 0.471. The molecule has 0 radical (unpaired) electrons. The van der Waals surface area contributed by atoms with E-state index in [2.05, 4.69) is 12.2 Å². The van der Waals surface area contributed by atoms with E-state index in [1.54, 1.807) is 12.1 Å². The van der Waals surface area contributed by atoms with Gasteiger partial charge in [0.25, 0.3) is 11.6 Å². The maximum Gasteiger partial charge on any atom is 0.292 e. The van der Waals surface area contributed by atoms with Crippen molar-refractivity contribution in [3.63, 3.8) is 0 Å². The first-order chi connectivity index (χ1) is 10.0. The van der Waals surface area contributed by atoms with Crippen molar-refractivity contribution in [3.8, 4) is 0 Å².